The molecule has 0 saturated heterocycles. The van der Waals surface area contributed by atoms with Crippen LogP contribution in [0.3, 0.4) is 0 Å². The Labute approximate surface area is 88.4 Å². The van der Waals surface area contributed by atoms with Gasteiger partial charge >= 0.3 is 0 Å². The van der Waals surface area contributed by atoms with E-state index in [1.807, 2.05) is 0 Å². The Morgan fingerprint density at radius 3 is 2.64 bits per heavy atom. The number of hydrogen-bond donors (Lipinski definition) is 1. The van der Waals surface area contributed by atoms with Crippen molar-refractivity contribution in [3.05, 3.63) is 0 Å². The van der Waals surface area contributed by atoms with Crippen LogP contribution in [0.2, 0.25) is 0 Å². The van der Waals surface area contributed by atoms with Crippen LogP contribution in [-0.2, 0) is 4.74 Å². The predicted molar refractivity (Wildman–Crippen MR) is 60.5 cm³/mol. The number of unbranched alkanes of at least 4 members (excludes halogenated alkanes) is 1. The summed E-state index contributed by atoms with van der Waals surface area (Å²) in [5.74, 6) is 1.06. The molecule has 0 radical (unpaired) electrons. The summed E-state index contributed by atoms with van der Waals surface area (Å²) >= 11 is 0. The fourth-order valence-corrected chi connectivity index (χ4v) is 1.51. The Morgan fingerprint density at radius 1 is 1.21 bits per heavy atom. The average Bonchev–Trinajstić information content (AvgIpc) is 2.92. The first-order valence-corrected chi connectivity index (χ1v) is 6.11. The normalized spacial score (nSPS) is 16.5. The second kappa shape index (κ2) is 7.24. The first kappa shape index (κ1) is 12.0. The predicted octanol–water partition coefficient (Wildman–Crippen LogP) is 2.58. The largest absolute Gasteiger partial charge is 0.379 e. The van der Waals surface area contributed by atoms with Crippen LogP contribution < -0.4 is 5.32 Å². The number of rotatable bonds is 9. The molecular weight excluding hydrogens is 174 g/mol. The lowest BCUT2D eigenvalue weighted by molar-refractivity contribution is 0.0760. The van der Waals surface area contributed by atoms with Crippen LogP contribution >= 0.6 is 0 Å². The molecule has 1 rings (SSSR count). The van der Waals surface area contributed by atoms with Crippen molar-refractivity contribution in [3.8, 4) is 0 Å². The molecule has 2 nitrogen and oxygen atoms in total. The molecule has 1 fully saturated rings. The molecule has 0 bridgehead atoms. The second-order valence-corrected chi connectivity index (χ2v) is 4.61. The third-order valence-electron chi connectivity index (χ3n) is 2.63. The van der Waals surface area contributed by atoms with E-state index >= 15 is 0 Å². The number of hydrogen-bond acceptors (Lipinski definition) is 2. The maximum Gasteiger partial charge on any atom is 0.0518 e. The van der Waals surface area contributed by atoms with E-state index in [1.165, 1.54) is 38.6 Å². The van der Waals surface area contributed by atoms with Gasteiger partial charge in [-0.3, -0.25) is 0 Å². The molecule has 84 valence electrons. The molecule has 1 N–H and O–H groups in total. The second-order valence-electron chi connectivity index (χ2n) is 4.61. The highest BCUT2D eigenvalue weighted by Gasteiger charge is 2.19. The van der Waals surface area contributed by atoms with Crippen LogP contribution in [0.25, 0.3) is 0 Å². The smallest absolute Gasteiger partial charge is 0.0518 e. The maximum atomic E-state index is 5.47. The van der Waals surface area contributed by atoms with Crippen molar-refractivity contribution >= 4 is 0 Å². The van der Waals surface area contributed by atoms with Gasteiger partial charge in [-0.2, -0.15) is 0 Å². The Kier molecular flexibility index (Phi) is 6.20. The van der Waals surface area contributed by atoms with Crippen molar-refractivity contribution in [3.63, 3.8) is 0 Å². The summed E-state index contributed by atoms with van der Waals surface area (Å²) in [4.78, 5) is 0. The first-order chi connectivity index (χ1) is 6.79. The molecule has 0 heterocycles. The molecule has 0 atom stereocenters. The highest BCUT2D eigenvalue weighted by Crippen LogP contribution is 2.31. The van der Waals surface area contributed by atoms with Crippen LogP contribution in [0, 0.1) is 5.92 Å². The lowest BCUT2D eigenvalue weighted by Crippen LogP contribution is -2.17. The fraction of sp³-hybridized carbons (Fsp3) is 1.00. The van der Waals surface area contributed by atoms with Gasteiger partial charge in [-0.1, -0.05) is 12.8 Å². The van der Waals surface area contributed by atoms with Gasteiger partial charge in [0.05, 0.1) is 6.10 Å². The van der Waals surface area contributed by atoms with E-state index in [9.17, 15) is 0 Å². The van der Waals surface area contributed by atoms with Crippen molar-refractivity contribution in [2.45, 2.75) is 52.1 Å². The van der Waals surface area contributed by atoms with E-state index in [-0.39, 0.29) is 0 Å². The van der Waals surface area contributed by atoms with E-state index in [4.69, 9.17) is 4.74 Å². The molecule has 2 heteroatoms. The zero-order valence-electron chi connectivity index (χ0n) is 9.72. The third-order valence-corrected chi connectivity index (χ3v) is 2.63. The maximum absolute atomic E-state index is 5.47. The van der Waals surface area contributed by atoms with Crippen LogP contribution in [0.4, 0.5) is 0 Å². The molecule has 1 aliphatic carbocycles. The summed E-state index contributed by atoms with van der Waals surface area (Å²) in [5.41, 5.74) is 0. The molecular formula is C12H25NO. The lowest BCUT2D eigenvalue weighted by atomic mass is 10.3. The Hall–Kier alpha value is -0.0800. The standard InChI is InChI=1S/C12H25NO/c1-11(2)14-10-4-3-8-13-9-7-12-5-6-12/h11-13H,3-10H2,1-2H3. The zero-order valence-corrected chi connectivity index (χ0v) is 9.72. The van der Waals surface area contributed by atoms with E-state index < -0.39 is 0 Å². The van der Waals surface area contributed by atoms with Gasteiger partial charge in [0.1, 0.15) is 0 Å². The average molecular weight is 199 g/mol. The molecule has 1 saturated carbocycles. The van der Waals surface area contributed by atoms with Gasteiger partial charge in [-0.15, -0.1) is 0 Å². The van der Waals surface area contributed by atoms with E-state index in [1.54, 1.807) is 0 Å². The van der Waals surface area contributed by atoms with Gasteiger partial charge < -0.3 is 10.1 Å². The van der Waals surface area contributed by atoms with Crippen LogP contribution in [0.1, 0.15) is 46.0 Å². The van der Waals surface area contributed by atoms with Crippen LogP contribution in [0.5, 0.6) is 0 Å². The molecule has 0 aromatic rings. The van der Waals surface area contributed by atoms with E-state index in [0.717, 1.165) is 19.1 Å². The molecule has 0 spiro atoms. The summed E-state index contributed by atoms with van der Waals surface area (Å²) in [6.07, 6.45) is 7.17. The third kappa shape index (κ3) is 7.34. The van der Waals surface area contributed by atoms with Crippen molar-refractivity contribution in [1.29, 1.82) is 0 Å². The Morgan fingerprint density at radius 2 is 2.00 bits per heavy atom. The number of nitrogens with one attached hydrogen (secondary N) is 1. The topological polar surface area (TPSA) is 21.3 Å². The van der Waals surface area contributed by atoms with Gasteiger partial charge in [-0.05, 0) is 52.1 Å². The summed E-state index contributed by atoms with van der Waals surface area (Å²) < 4.78 is 5.47. The molecule has 0 aromatic carbocycles. The number of ether oxygens (including phenoxy) is 1. The molecule has 0 aromatic heterocycles. The minimum absolute atomic E-state index is 0.387. The molecule has 0 amide bonds. The van der Waals surface area contributed by atoms with E-state index in [0.29, 0.717) is 6.10 Å². The van der Waals surface area contributed by atoms with Crippen molar-refractivity contribution < 1.29 is 4.74 Å². The van der Waals surface area contributed by atoms with Gasteiger partial charge in [-0.25, -0.2) is 0 Å². The minimum atomic E-state index is 0.387. The summed E-state index contributed by atoms with van der Waals surface area (Å²) in [7, 11) is 0. The molecule has 1 aliphatic rings. The Balaban J connectivity index is 1.66. The van der Waals surface area contributed by atoms with Gasteiger partial charge in [0.25, 0.3) is 0 Å². The first-order valence-electron chi connectivity index (χ1n) is 6.11. The lowest BCUT2D eigenvalue weighted by Gasteiger charge is -2.07. The Bertz CT molecular complexity index is 124. The van der Waals surface area contributed by atoms with Crippen LogP contribution in [0.15, 0.2) is 0 Å². The van der Waals surface area contributed by atoms with Gasteiger partial charge in [0, 0.05) is 6.61 Å². The van der Waals surface area contributed by atoms with E-state index in [2.05, 4.69) is 19.2 Å². The molecule has 0 unspecified atom stereocenters. The summed E-state index contributed by atoms with van der Waals surface area (Å²) in [5, 5.41) is 3.49. The van der Waals surface area contributed by atoms with Crippen molar-refractivity contribution in [2.24, 2.45) is 5.92 Å². The molecule has 14 heavy (non-hydrogen) atoms. The monoisotopic (exact) mass is 199 g/mol. The quantitative estimate of drug-likeness (QED) is 0.576. The van der Waals surface area contributed by atoms with Crippen molar-refractivity contribution in [1.82, 2.24) is 5.32 Å². The van der Waals surface area contributed by atoms with Crippen LogP contribution in [-0.4, -0.2) is 25.8 Å². The summed E-state index contributed by atoms with van der Waals surface area (Å²) in [6.45, 7) is 7.48. The zero-order chi connectivity index (χ0) is 10.2. The summed E-state index contributed by atoms with van der Waals surface area (Å²) in [6, 6.07) is 0. The van der Waals surface area contributed by atoms with Crippen molar-refractivity contribution in [2.75, 3.05) is 19.7 Å². The highest BCUT2D eigenvalue weighted by atomic mass is 16.5. The SMILES string of the molecule is CC(C)OCCCCNCCC1CC1. The van der Waals surface area contributed by atoms with Gasteiger partial charge in [0.15, 0.2) is 0 Å². The minimum Gasteiger partial charge on any atom is -0.379 e. The highest BCUT2D eigenvalue weighted by molar-refractivity contribution is 4.73. The fourth-order valence-electron chi connectivity index (χ4n) is 1.51. The molecule has 0 aliphatic heterocycles. The van der Waals surface area contributed by atoms with Gasteiger partial charge in [0.2, 0.25) is 0 Å².